The van der Waals surface area contributed by atoms with E-state index in [1.807, 2.05) is 7.11 Å². The van der Waals surface area contributed by atoms with Crippen LogP contribution >= 0.6 is 0 Å². The highest BCUT2D eigenvalue weighted by Crippen LogP contribution is 2.22. The van der Waals surface area contributed by atoms with Gasteiger partial charge in [0, 0.05) is 33.3 Å². The Kier molecular flexibility index (Phi) is 3.64. The second-order valence-electron chi connectivity index (χ2n) is 5.36. The maximum Gasteiger partial charge on any atom is 0.0710 e. The first-order valence-electron chi connectivity index (χ1n) is 6.92. The minimum atomic E-state index is 0.436. The smallest absolute Gasteiger partial charge is 0.0710 e. The van der Waals surface area contributed by atoms with Gasteiger partial charge in [-0.15, -0.1) is 0 Å². The predicted molar refractivity (Wildman–Crippen MR) is 72.5 cm³/mol. The maximum atomic E-state index is 5.44. The molecule has 1 fully saturated rings. The third-order valence-electron chi connectivity index (χ3n) is 4.19. The number of ether oxygens (including phenoxy) is 1. The molecule has 98 valence electrons. The van der Waals surface area contributed by atoms with Crippen LogP contribution in [-0.2, 0) is 24.2 Å². The van der Waals surface area contributed by atoms with Crippen LogP contribution in [0.2, 0.25) is 0 Å². The number of nitrogens with one attached hydrogen (secondary N) is 1. The minimum absolute atomic E-state index is 0.436. The van der Waals surface area contributed by atoms with Gasteiger partial charge in [-0.2, -0.15) is 0 Å². The lowest BCUT2D eigenvalue weighted by molar-refractivity contribution is 0.107. The molecule has 0 bridgehead atoms. The highest BCUT2D eigenvalue weighted by Gasteiger charge is 2.23. The number of likely N-dealkylation sites (tertiary alicyclic amines) is 1. The predicted octanol–water partition coefficient (Wildman–Crippen LogP) is 1.55. The largest absolute Gasteiger partial charge is 0.380 e. The van der Waals surface area contributed by atoms with Crippen LogP contribution in [0.1, 0.15) is 23.1 Å². The fourth-order valence-corrected chi connectivity index (χ4v) is 3.13. The molecule has 0 unspecified atom stereocenters. The topological polar surface area (TPSA) is 24.5 Å². The van der Waals surface area contributed by atoms with E-state index in [4.69, 9.17) is 4.74 Å². The Labute approximate surface area is 109 Å². The molecule has 0 aliphatic carbocycles. The number of rotatable bonds is 3. The molecule has 0 aromatic heterocycles. The van der Waals surface area contributed by atoms with E-state index in [0.717, 1.165) is 26.2 Å². The number of nitrogens with zero attached hydrogens (tertiary/aromatic N) is 1. The Morgan fingerprint density at radius 3 is 3.22 bits per heavy atom. The third-order valence-corrected chi connectivity index (χ3v) is 4.19. The normalized spacial score (nSPS) is 24.2. The van der Waals surface area contributed by atoms with Crippen molar-refractivity contribution < 1.29 is 4.74 Å². The van der Waals surface area contributed by atoms with Crippen molar-refractivity contribution in [2.75, 3.05) is 26.7 Å². The van der Waals surface area contributed by atoms with Gasteiger partial charge in [0.05, 0.1) is 6.10 Å². The zero-order valence-electron chi connectivity index (χ0n) is 11.1. The van der Waals surface area contributed by atoms with Crippen LogP contribution in [-0.4, -0.2) is 37.7 Å². The molecular formula is C15H22N2O. The van der Waals surface area contributed by atoms with Gasteiger partial charge in [-0.05, 0) is 36.1 Å². The van der Waals surface area contributed by atoms with Gasteiger partial charge in [-0.3, -0.25) is 4.90 Å². The van der Waals surface area contributed by atoms with Crippen LogP contribution in [0.4, 0.5) is 0 Å². The molecule has 0 amide bonds. The number of hydrogen-bond donors (Lipinski definition) is 1. The third kappa shape index (κ3) is 2.44. The summed E-state index contributed by atoms with van der Waals surface area (Å²) in [7, 11) is 1.82. The molecule has 1 saturated heterocycles. The van der Waals surface area contributed by atoms with E-state index >= 15 is 0 Å². The van der Waals surface area contributed by atoms with Gasteiger partial charge < -0.3 is 10.1 Å². The molecule has 18 heavy (non-hydrogen) atoms. The summed E-state index contributed by atoms with van der Waals surface area (Å²) in [6.07, 6.45) is 2.78. The first-order valence-corrected chi connectivity index (χ1v) is 6.92. The zero-order chi connectivity index (χ0) is 12.4. The van der Waals surface area contributed by atoms with Gasteiger partial charge in [0.1, 0.15) is 0 Å². The highest BCUT2D eigenvalue weighted by atomic mass is 16.5. The van der Waals surface area contributed by atoms with E-state index in [1.54, 1.807) is 5.56 Å². The van der Waals surface area contributed by atoms with Crippen molar-refractivity contribution in [3.8, 4) is 0 Å². The first-order chi connectivity index (χ1) is 8.86. The van der Waals surface area contributed by atoms with Gasteiger partial charge in [-0.25, -0.2) is 0 Å². The first kappa shape index (κ1) is 12.2. The molecule has 2 aliphatic rings. The van der Waals surface area contributed by atoms with Crippen LogP contribution in [0.25, 0.3) is 0 Å². The van der Waals surface area contributed by atoms with Crippen LogP contribution in [0.5, 0.6) is 0 Å². The zero-order valence-corrected chi connectivity index (χ0v) is 11.1. The SMILES string of the molecule is CO[C@@H]1CCN(Cc2cccc3c2CCNC3)C1. The number of fused-ring (bicyclic) bond motifs is 1. The Bertz CT molecular complexity index is 419. The number of methoxy groups -OCH3 is 1. The van der Waals surface area contributed by atoms with Crippen LogP contribution in [0.3, 0.4) is 0 Å². The monoisotopic (exact) mass is 246 g/mol. The number of benzene rings is 1. The quantitative estimate of drug-likeness (QED) is 0.876. The summed E-state index contributed by atoms with van der Waals surface area (Å²) in [5.74, 6) is 0. The van der Waals surface area contributed by atoms with Crippen LogP contribution in [0.15, 0.2) is 18.2 Å². The van der Waals surface area contributed by atoms with Crippen LogP contribution < -0.4 is 5.32 Å². The van der Waals surface area contributed by atoms with Gasteiger partial charge in [0.15, 0.2) is 0 Å². The molecule has 1 aromatic rings. The van der Waals surface area contributed by atoms with Crippen molar-refractivity contribution >= 4 is 0 Å². The van der Waals surface area contributed by atoms with Gasteiger partial charge >= 0.3 is 0 Å². The highest BCUT2D eigenvalue weighted by molar-refractivity contribution is 5.37. The molecule has 0 spiro atoms. The summed E-state index contributed by atoms with van der Waals surface area (Å²) in [4.78, 5) is 2.52. The fraction of sp³-hybridized carbons (Fsp3) is 0.600. The van der Waals surface area contributed by atoms with E-state index in [-0.39, 0.29) is 0 Å². The molecule has 0 saturated carbocycles. The average Bonchev–Trinajstić information content (AvgIpc) is 2.87. The second kappa shape index (κ2) is 5.39. The fourth-order valence-electron chi connectivity index (χ4n) is 3.13. The molecule has 3 nitrogen and oxygen atoms in total. The summed E-state index contributed by atoms with van der Waals surface area (Å²) in [5, 5.41) is 3.44. The van der Waals surface area contributed by atoms with Crippen molar-refractivity contribution in [2.24, 2.45) is 0 Å². The Balaban J connectivity index is 1.73. The minimum Gasteiger partial charge on any atom is -0.380 e. The summed E-state index contributed by atoms with van der Waals surface area (Å²) in [6.45, 7) is 5.48. The molecule has 1 aromatic carbocycles. The lowest BCUT2D eigenvalue weighted by atomic mass is 9.95. The van der Waals surface area contributed by atoms with E-state index < -0.39 is 0 Å². The summed E-state index contributed by atoms with van der Waals surface area (Å²) >= 11 is 0. The van der Waals surface area contributed by atoms with Crippen molar-refractivity contribution in [2.45, 2.75) is 32.0 Å². The van der Waals surface area contributed by atoms with E-state index in [9.17, 15) is 0 Å². The lowest BCUT2D eigenvalue weighted by Gasteiger charge is -2.23. The molecule has 2 heterocycles. The summed E-state index contributed by atoms with van der Waals surface area (Å²) < 4.78 is 5.44. The molecule has 2 aliphatic heterocycles. The van der Waals surface area contributed by atoms with Gasteiger partial charge in [-0.1, -0.05) is 18.2 Å². The average molecular weight is 246 g/mol. The van der Waals surface area contributed by atoms with Crippen LogP contribution in [0, 0.1) is 0 Å². The molecule has 3 heteroatoms. The Morgan fingerprint density at radius 1 is 1.44 bits per heavy atom. The molecular weight excluding hydrogens is 224 g/mol. The molecule has 3 rings (SSSR count). The Morgan fingerprint density at radius 2 is 2.39 bits per heavy atom. The van der Waals surface area contributed by atoms with Gasteiger partial charge in [0.2, 0.25) is 0 Å². The lowest BCUT2D eigenvalue weighted by Crippen LogP contribution is -2.27. The molecule has 0 radical (unpaired) electrons. The summed E-state index contributed by atoms with van der Waals surface area (Å²) in [6, 6.07) is 6.75. The van der Waals surface area contributed by atoms with Crippen molar-refractivity contribution in [3.63, 3.8) is 0 Å². The standard InChI is InChI=1S/C15H22N2O/c1-18-14-6-8-17(11-14)10-13-4-2-3-12-9-16-7-5-15(12)13/h2-4,14,16H,5-11H2,1H3/t14-/m1/s1. The van der Waals surface area contributed by atoms with Crippen molar-refractivity contribution in [1.29, 1.82) is 0 Å². The van der Waals surface area contributed by atoms with E-state index in [0.29, 0.717) is 6.10 Å². The molecule has 1 atom stereocenters. The summed E-state index contributed by atoms with van der Waals surface area (Å²) in [5.41, 5.74) is 4.59. The second-order valence-corrected chi connectivity index (χ2v) is 5.36. The van der Waals surface area contributed by atoms with E-state index in [1.165, 1.54) is 30.5 Å². The van der Waals surface area contributed by atoms with Crippen molar-refractivity contribution in [1.82, 2.24) is 10.2 Å². The Hall–Kier alpha value is -0.900. The van der Waals surface area contributed by atoms with E-state index in [2.05, 4.69) is 28.4 Å². The molecule has 1 N–H and O–H groups in total. The van der Waals surface area contributed by atoms with Gasteiger partial charge in [0.25, 0.3) is 0 Å². The van der Waals surface area contributed by atoms with Crippen molar-refractivity contribution in [3.05, 3.63) is 34.9 Å². The maximum absolute atomic E-state index is 5.44. The number of hydrogen-bond acceptors (Lipinski definition) is 3.